The van der Waals surface area contributed by atoms with E-state index in [0.717, 1.165) is 11.1 Å². The van der Waals surface area contributed by atoms with E-state index in [1.165, 1.54) is 0 Å². The lowest BCUT2D eigenvalue weighted by molar-refractivity contribution is 0.0928. The van der Waals surface area contributed by atoms with Crippen LogP contribution in [-0.2, 0) is 11.3 Å². The second-order valence-electron chi connectivity index (χ2n) is 5.13. The molecule has 2 aromatic heterocycles. The van der Waals surface area contributed by atoms with Crippen molar-refractivity contribution in [2.75, 3.05) is 20.3 Å². The molecule has 1 N–H and O–H groups in total. The maximum absolute atomic E-state index is 12.4. The average molecular weight is 333 g/mol. The van der Waals surface area contributed by atoms with Gasteiger partial charge in [0.2, 0.25) is 0 Å². The minimum atomic E-state index is -0.166. The number of hydrogen-bond acceptors (Lipinski definition) is 3. The van der Waals surface area contributed by atoms with Gasteiger partial charge in [0.25, 0.3) is 5.91 Å². The third-order valence-electron chi connectivity index (χ3n) is 3.63. The van der Waals surface area contributed by atoms with Gasteiger partial charge in [0.1, 0.15) is 5.69 Å². The molecule has 3 aromatic rings. The number of rotatable bonds is 6. The van der Waals surface area contributed by atoms with Crippen molar-refractivity contribution in [2.45, 2.75) is 6.54 Å². The van der Waals surface area contributed by atoms with Gasteiger partial charge in [-0.3, -0.25) is 4.79 Å². The van der Waals surface area contributed by atoms with Crippen molar-refractivity contribution >= 4 is 28.6 Å². The molecule has 1 aromatic carbocycles. The first-order valence-corrected chi connectivity index (χ1v) is 7.66. The van der Waals surface area contributed by atoms with Gasteiger partial charge in [0, 0.05) is 37.4 Å². The van der Waals surface area contributed by atoms with Crippen LogP contribution in [0.2, 0.25) is 5.02 Å². The summed E-state index contributed by atoms with van der Waals surface area (Å²) in [6.07, 6.45) is 1.61. The van der Waals surface area contributed by atoms with Gasteiger partial charge in [0.15, 0.2) is 5.58 Å². The van der Waals surface area contributed by atoms with Crippen LogP contribution in [0.1, 0.15) is 16.1 Å². The highest BCUT2D eigenvalue weighted by Gasteiger charge is 2.18. The van der Waals surface area contributed by atoms with Crippen LogP contribution in [0.3, 0.4) is 0 Å². The number of aromatic nitrogens is 1. The number of amides is 1. The van der Waals surface area contributed by atoms with Crippen molar-refractivity contribution in [1.82, 2.24) is 9.88 Å². The summed E-state index contributed by atoms with van der Waals surface area (Å²) >= 11 is 6.25. The zero-order valence-electron chi connectivity index (χ0n) is 12.7. The Morgan fingerprint density at radius 1 is 1.35 bits per heavy atom. The van der Waals surface area contributed by atoms with Gasteiger partial charge in [-0.25, -0.2) is 0 Å². The second-order valence-corrected chi connectivity index (χ2v) is 5.53. The lowest BCUT2D eigenvalue weighted by atomic mass is 10.2. The Balaban J connectivity index is 1.94. The fourth-order valence-corrected chi connectivity index (χ4v) is 2.69. The van der Waals surface area contributed by atoms with E-state index in [1.54, 1.807) is 19.4 Å². The summed E-state index contributed by atoms with van der Waals surface area (Å²) < 4.78 is 12.3. The van der Waals surface area contributed by atoms with Gasteiger partial charge in [-0.1, -0.05) is 29.8 Å². The standard InChI is InChI=1S/C17H17ClN2O3/c1-22-9-7-19-17(21)15-10-16-14(6-8-23-16)20(15)11-12-4-2-3-5-13(12)18/h2-6,8,10H,7,9,11H2,1H3,(H,19,21). The first kappa shape index (κ1) is 15.6. The molecule has 0 saturated carbocycles. The molecule has 0 bridgehead atoms. The summed E-state index contributed by atoms with van der Waals surface area (Å²) in [5, 5.41) is 3.50. The number of nitrogens with zero attached hydrogens (tertiary/aromatic N) is 1. The normalized spacial score (nSPS) is 11.0. The quantitative estimate of drug-likeness (QED) is 0.704. The van der Waals surface area contributed by atoms with E-state index in [2.05, 4.69) is 5.32 Å². The van der Waals surface area contributed by atoms with E-state index in [0.29, 0.717) is 36.0 Å². The predicted molar refractivity (Wildman–Crippen MR) is 89.0 cm³/mol. The van der Waals surface area contributed by atoms with E-state index in [1.807, 2.05) is 34.9 Å². The van der Waals surface area contributed by atoms with Gasteiger partial charge in [-0.05, 0) is 11.6 Å². The number of fused-ring (bicyclic) bond motifs is 1. The molecule has 120 valence electrons. The maximum atomic E-state index is 12.4. The number of furan rings is 1. The van der Waals surface area contributed by atoms with E-state index in [9.17, 15) is 4.79 Å². The van der Waals surface area contributed by atoms with Crippen molar-refractivity contribution in [3.05, 3.63) is 58.9 Å². The van der Waals surface area contributed by atoms with Crippen molar-refractivity contribution in [1.29, 1.82) is 0 Å². The third-order valence-corrected chi connectivity index (χ3v) is 4.00. The number of nitrogens with one attached hydrogen (secondary N) is 1. The summed E-state index contributed by atoms with van der Waals surface area (Å²) in [6.45, 7) is 1.41. The molecule has 2 heterocycles. The molecule has 0 fully saturated rings. The fraction of sp³-hybridized carbons (Fsp3) is 0.235. The summed E-state index contributed by atoms with van der Waals surface area (Å²) in [5.41, 5.74) is 3.02. The highest BCUT2D eigenvalue weighted by molar-refractivity contribution is 6.31. The molecule has 0 aliphatic rings. The molecule has 23 heavy (non-hydrogen) atoms. The predicted octanol–water partition coefficient (Wildman–Crippen LogP) is 3.31. The zero-order chi connectivity index (χ0) is 16.2. The molecule has 0 aliphatic carbocycles. The number of carbonyl (C=O) groups is 1. The number of ether oxygens (including phenoxy) is 1. The molecule has 0 unspecified atom stereocenters. The average Bonchev–Trinajstić information content (AvgIpc) is 3.12. The fourth-order valence-electron chi connectivity index (χ4n) is 2.49. The van der Waals surface area contributed by atoms with Crippen LogP contribution in [0.25, 0.3) is 11.1 Å². The lowest BCUT2D eigenvalue weighted by Gasteiger charge is -2.11. The van der Waals surface area contributed by atoms with Gasteiger partial charge in [0.05, 0.1) is 18.4 Å². The van der Waals surface area contributed by atoms with Crippen LogP contribution in [0.5, 0.6) is 0 Å². The largest absolute Gasteiger partial charge is 0.463 e. The third kappa shape index (κ3) is 3.25. The zero-order valence-corrected chi connectivity index (χ0v) is 13.5. The number of benzene rings is 1. The van der Waals surface area contributed by atoms with Crippen LogP contribution in [0, 0.1) is 0 Å². The minimum Gasteiger partial charge on any atom is -0.463 e. The molecule has 6 heteroatoms. The first-order valence-electron chi connectivity index (χ1n) is 7.28. The van der Waals surface area contributed by atoms with E-state index in [-0.39, 0.29) is 5.91 Å². The highest BCUT2D eigenvalue weighted by atomic mass is 35.5. The molecule has 0 atom stereocenters. The second kappa shape index (κ2) is 6.89. The Bertz CT molecular complexity index is 822. The first-order chi connectivity index (χ1) is 11.2. The summed E-state index contributed by atoms with van der Waals surface area (Å²) in [7, 11) is 1.60. The monoisotopic (exact) mass is 332 g/mol. The maximum Gasteiger partial charge on any atom is 0.268 e. The van der Waals surface area contributed by atoms with Gasteiger partial charge >= 0.3 is 0 Å². The Kier molecular flexibility index (Phi) is 4.69. The van der Waals surface area contributed by atoms with E-state index in [4.69, 9.17) is 20.8 Å². The van der Waals surface area contributed by atoms with Gasteiger partial charge in [-0.2, -0.15) is 0 Å². The van der Waals surface area contributed by atoms with Gasteiger partial charge in [-0.15, -0.1) is 0 Å². The Morgan fingerprint density at radius 3 is 2.96 bits per heavy atom. The van der Waals surface area contributed by atoms with Crippen molar-refractivity contribution in [3.8, 4) is 0 Å². The van der Waals surface area contributed by atoms with Crippen LogP contribution in [0.4, 0.5) is 0 Å². The number of carbonyl (C=O) groups excluding carboxylic acids is 1. The summed E-state index contributed by atoms with van der Waals surface area (Å²) in [4.78, 5) is 12.4. The Morgan fingerprint density at radius 2 is 2.17 bits per heavy atom. The number of halogens is 1. The molecule has 0 aliphatic heterocycles. The van der Waals surface area contributed by atoms with E-state index >= 15 is 0 Å². The molecular weight excluding hydrogens is 316 g/mol. The highest BCUT2D eigenvalue weighted by Crippen LogP contribution is 2.24. The van der Waals surface area contributed by atoms with Gasteiger partial charge < -0.3 is 19.0 Å². The van der Waals surface area contributed by atoms with Crippen LogP contribution >= 0.6 is 11.6 Å². The van der Waals surface area contributed by atoms with Crippen molar-refractivity contribution in [3.63, 3.8) is 0 Å². The Hall–Kier alpha value is -2.24. The molecule has 1 amide bonds. The lowest BCUT2D eigenvalue weighted by Crippen LogP contribution is -2.29. The summed E-state index contributed by atoms with van der Waals surface area (Å²) in [5.74, 6) is -0.166. The smallest absolute Gasteiger partial charge is 0.268 e. The number of methoxy groups -OCH3 is 1. The summed E-state index contributed by atoms with van der Waals surface area (Å²) in [6, 6.07) is 11.2. The van der Waals surface area contributed by atoms with Crippen LogP contribution < -0.4 is 5.32 Å². The molecular formula is C17H17ClN2O3. The van der Waals surface area contributed by atoms with E-state index < -0.39 is 0 Å². The van der Waals surface area contributed by atoms with Crippen molar-refractivity contribution < 1.29 is 13.9 Å². The molecule has 0 spiro atoms. The number of hydrogen-bond donors (Lipinski definition) is 1. The molecule has 0 radical (unpaired) electrons. The SMILES string of the molecule is COCCNC(=O)c1cc2occc2n1Cc1ccccc1Cl. The Labute approximate surface area is 138 Å². The molecule has 5 nitrogen and oxygen atoms in total. The minimum absolute atomic E-state index is 0.166. The van der Waals surface area contributed by atoms with Crippen molar-refractivity contribution in [2.24, 2.45) is 0 Å². The molecule has 3 rings (SSSR count). The van der Waals surface area contributed by atoms with Crippen LogP contribution in [0.15, 0.2) is 47.1 Å². The van der Waals surface area contributed by atoms with Crippen LogP contribution in [-0.4, -0.2) is 30.7 Å². The molecule has 0 saturated heterocycles. The topological polar surface area (TPSA) is 56.4 Å².